The molecule has 3 nitrogen and oxygen atoms in total. The van der Waals surface area contributed by atoms with Crippen LogP contribution in [-0.2, 0) is 26.2 Å². The first-order valence-electron chi connectivity index (χ1n) is 6.45. The molecule has 0 spiro atoms. The maximum absolute atomic E-state index is 10.9. The second-order valence-corrected chi connectivity index (χ2v) is 6.49. The van der Waals surface area contributed by atoms with Crippen LogP contribution in [0.4, 0.5) is 26.3 Å². The van der Waals surface area contributed by atoms with E-state index in [1.807, 2.05) is 30.3 Å². The Kier molecular flexibility index (Phi) is 37.5. The molecule has 1 radical (unpaired) electrons. The summed E-state index contributed by atoms with van der Waals surface area (Å²) < 4.78 is 65.4. The fourth-order valence-corrected chi connectivity index (χ4v) is 1.29. The zero-order valence-electron chi connectivity index (χ0n) is 13.7. The number of alkyl halides is 6. The fourth-order valence-electron chi connectivity index (χ4n) is 0.506. The van der Waals surface area contributed by atoms with E-state index >= 15 is 0 Å². The van der Waals surface area contributed by atoms with Gasteiger partial charge < -0.3 is 15.3 Å². The maximum Gasteiger partial charge on any atom is 0 e. The SMILES string of the molecule is CCO.CCO.CCO.F[C](F)(F)[GeH][C](F)(F)F.[Zr].c1cc[cH-]c1. The van der Waals surface area contributed by atoms with E-state index in [1.165, 1.54) is 0 Å². The summed E-state index contributed by atoms with van der Waals surface area (Å²) in [6.45, 7) is 5.79. The van der Waals surface area contributed by atoms with Crippen molar-refractivity contribution < 1.29 is 67.9 Å². The summed E-state index contributed by atoms with van der Waals surface area (Å²) in [4.78, 5) is 0. The third-order valence-corrected chi connectivity index (χ3v) is 2.26. The number of hydrogen-bond acceptors (Lipinski definition) is 3. The summed E-state index contributed by atoms with van der Waals surface area (Å²) in [6, 6.07) is 10.0. The molecule has 1 aromatic carbocycles. The van der Waals surface area contributed by atoms with Crippen molar-refractivity contribution in [1.82, 2.24) is 0 Å². The quantitative estimate of drug-likeness (QED) is 0.289. The maximum atomic E-state index is 10.9. The van der Waals surface area contributed by atoms with Gasteiger partial charge in [0.05, 0.1) is 0 Å². The second-order valence-electron chi connectivity index (χ2n) is 3.14. The van der Waals surface area contributed by atoms with Crippen LogP contribution in [-0.4, -0.2) is 60.6 Å². The predicted octanol–water partition coefficient (Wildman–Crippen LogP) is 2.86. The van der Waals surface area contributed by atoms with Crippen molar-refractivity contribution in [3.63, 3.8) is 0 Å². The molecule has 11 heteroatoms. The van der Waals surface area contributed by atoms with Gasteiger partial charge in [0.15, 0.2) is 0 Å². The molecule has 0 atom stereocenters. The zero-order chi connectivity index (χ0) is 19.4. The zero-order valence-corrected chi connectivity index (χ0v) is 18.6. The van der Waals surface area contributed by atoms with Gasteiger partial charge in [0.1, 0.15) is 0 Å². The van der Waals surface area contributed by atoms with E-state index in [2.05, 4.69) is 0 Å². The van der Waals surface area contributed by atoms with Gasteiger partial charge >= 0.3 is 51.8 Å². The van der Waals surface area contributed by atoms with Gasteiger partial charge in [0.25, 0.3) is 0 Å². The Hall–Kier alpha value is 0.236. The Morgan fingerprint density at radius 3 is 1.00 bits per heavy atom. The molecule has 0 heterocycles. The van der Waals surface area contributed by atoms with Gasteiger partial charge in [-0.15, -0.1) is 0 Å². The van der Waals surface area contributed by atoms with Crippen molar-refractivity contribution >= 4 is 15.4 Å². The summed E-state index contributed by atoms with van der Waals surface area (Å²) in [6.07, 6.45) is 0. The molecule has 145 valence electrons. The van der Waals surface area contributed by atoms with Crippen LogP contribution in [0, 0.1) is 0 Å². The van der Waals surface area contributed by atoms with Crippen molar-refractivity contribution in [2.24, 2.45) is 0 Å². The Balaban J connectivity index is -0.0000000685. The van der Waals surface area contributed by atoms with Crippen LogP contribution in [0.2, 0.25) is 0 Å². The molecule has 0 aromatic heterocycles. The van der Waals surface area contributed by atoms with Crippen LogP contribution >= 0.6 is 0 Å². The summed E-state index contributed by atoms with van der Waals surface area (Å²) in [5, 5.41) is 12.7. The Labute approximate surface area is 164 Å². The molecule has 0 unspecified atom stereocenters. The molecule has 0 saturated carbocycles. The Bertz CT molecular complexity index is 248. The average Bonchev–Trinajstić information content (AvgIpc) is 2.84. The topological polar surface area (TPSA) is 60.7 Å². The molecule has 0 saturated heterocycles. The van der Waals surface area contributed by atoms with Crippen molar-refractivity contribution in [2.75, 3.05) is 19.8 Å². The molecular formula is C13H24F6GeO3Zr-. The molecule has 0 aliphatic carbocycles. The van der Waals surface area contributed by atoms with Gasteiger partial charge in [-0.3, -0.25) is 0 Å². The Morgan fingerprint density at radius 1 is 0.750 bits per heavy atom. The largest absolute Gasteiger partial charge is 0.214 e. The van der Waals surface area contributed by atoms with Gasteiger partial charge in [-0.25, -0.2) is 12.1 Å². The second kappa shape index (κ2) is 25.5. The minimum atomic E-state index is -4.98. The average molecular weight is 506 g/mol. The Morgan fingerprint density at radius 2 is 0.958 bits per heavy atom. The van der Waals surface area contributed by atoms with Crippen molar-refractivity contribution in [2.45, 2.75) is 30.8 Å². The van der Waals surface area contributed by atoms with Gasteiger partial charge in [-0.2, -0.15) is 18.2 Å². The molecular weight excluding hydrogens is 482 g/mol. The van der Waals surface area contributed by atoms with E-state index in [0.717, 1.165) is 0 Å². The first kappa shape index (κ1) is 35.4. The summed E-state index contributed by atoms with van der Waals surface area (Å²) in [7, 11) is 0. The summed E-state index contributed by atoms with van der Waals surface area (Å²) in [5.41, 5.74) is 0. The van der Waals surface area contributed by atoms with Gasteiger partial charge in [0, 0.05) is 46.0 Å². The van der Waals surface area contributed by atoms with E-state index in [0.29, 0.717) is 0 Å². The number of aliphatic hydroxyl groups is 3. The standard InChI is InChI=1S/C5H5.C2HF6Ge.3C2H6O.Zr/c1-2-4-5-3-1;3-1(4,5)9-2(6,7)8;3*1-2-3;/h1-5H;9H;3*3H,2H2,1H3;/q-1;;;;;. The number of hydrogen-bond donors (Lipinski definition) is 3. The van der Waals surface area contributed by atoms with E-state index < -0.39 is 25.4 Å². The van der Waals surface area contributed by atoms with E-state index in [9.17, 15) is 26.3 Å². The summed E-state index contributed by atoms with van der Waals surface area (Å²) in [5.74, 6) is 0. The number of halogens is 6. The summed E-state index contributed by atoms with van der Waals surface area (Å²) >= 11 is -4.06. The van der Waals surface area contributed by atoms with Crippen LogP contribution in [0.15, 0.2) is 30.3 Å². The van der Waals surface area contributed by atoms with Crippen LogP contribution < -0.4 is 0 Å². The van der Waals surface area contributed by atoms with Gasteiger partial charge in [0.2, 0.25) is 0 Å². The van der Waals surface area contributed by atoms with Gasteiger partial charge in [-0.05, 0) is 20.8 Å². The minimum Gasteiger partial charge on any atom is -0.214 e. The molecule has 0 aliphatic rings. The van der Waals surface area contributed by atoms with Crippen LogP contribution in [0.3, 0.4) is 0 Å². The molecule has 1 aromatic rings. The third-order valence-electron chi connectivity index (χ3n) is 0.883. The minimum absolute atomic E-state index is 0. The van der Waals surface area contributed by atoms with Crippen molar-refractivity contribution in [3.05, 3.63) is 30.3 Å². The van der Waals surface area contributed by atoms with Crippen LogP contribution in [0.25, 0.3) is 0 Å². The molecule has 3 N–H and O–H groups in total. The van der Waals surface area contributed by atoms with E-state index in [-0.39, 0.29) is 46.0 Å². The van der Waals surface area contributed by atoms with Crippen LogP contribution in [0.5, 0.6) is 0 Å². The van der Waals surface area contributed by atoms with Crippen molar-refractivity contribution in [3.8, 4) is 0 Å². The smallest absolute Gasteiger partial charge is 0 e. The molecule has 0 aliphatic heterocycles. The van der Waals surface area contributed by atoms with E-state index in [4.69, 9.17) is 15.3 Å². The third kappa shape index (κ3) is 79.4. The number of rotatable bonds is 0. The van der Waals surface area contributed by atoms with Gasteiger partial charge in [-0.1, -0.05) is 0 Å². The monoisotopic (exact) mass is 506 g/mol. The molecule has 24 heavy (non-hydrogen) atoms. The molecule has 0 fully saturated rings. The molecule has 1 rings (SSSR count). The predicted molar refractivity (Wildman–Crippen MR) is 79.6 cm³/mol. The van der Waals surface area contributed by atoms with Crippen LogP contribution in [0.1, 0.15) is 20.8 Å². The van der Waals surface area contributed by atoms with E-state index in [1.54, 1.807) is 20.8 Å². The fraction of sp³-hybridized carbons (Fsp3) is 0.615. The molecule has 0 amide bonds. The van der Waals surface area contributed by atoms with Crippen molar-refractivity contribution in [1.29, 1.82) is 0 Å². The first-order valence-corrected chi connectivity index (χ1v) is 8.87. The molecule has 0 bridgehead atoms. The number of aliphatic hydroxyl groups excluding tert-OH is 3. The first-order chi connectivity index (χ1) is 10.4. The normalized spacial score (nSPS) is 9.17.